The minimum atomic E-state index is -3.84. The van der Waals surface area contributed by atoms with Crippen molar-refractivity contribution in [1.29, 1.82) is 0 Å². The van der Waals surface area contributed by atoms with E-state index in [4.69, 9.17) is 16.3 Å². The van der Waals surface area contributed by atoms with E-state index in [1.807, 2.05) is 42.5 Å². The first-order chi connectivity index (χ1) is 20.0. The fourth-order valence-electron chi connectivity index (χ4n) is 5.40. The highest BCUT2D eigenvalue weighted by molar-refractivity contribution is 7.92. The molecule has 1 fully saturated rings. The zero-order valence-electron chi connectivity index (χ0n) is 23.2. The number of para-hydroxylation sites is 2. The largest absolute Gasteiger partial charge is 0.493 e. The van der Waals surface area contributed by atoms with Crippen LogP contribution in [0.5, 0.6) is 5.75 Å². The Morgan fingerprint density at radius 3 is 2.15 bits per heavy atom. The van der Waals surface area contributed by atoms with Crippen molar-refractivity contribution < 1.29 is 13.2 Å². The summed E-state index contributed by atoms with van der Waals surface area (Å²) in [5, 5.41) is 0.491. The van der Waals surface area contributed by atoms with E-state index in [0.29, 0.717) is 23.1 Å². The Morgan fingerprint density at radius 1 is 0.805 bits per heavy atom. The Bertz CT molecular complexity index is 1470. The van der Waals surface area contributed by atoms with Gasteiger partial charge in [0.15, 0.2) is 0 Å². The quantitative estimate of drug-likeness (QED) is 0.161. The predicted octanol–water partition coefficient (Wildman–Crippen LogP) is 7.46. The van der Waals surface area contributed by atoms with Crippen molar-refractivity contribution in [2.24, 2.45) is 5.92 Å². The lowest BCUT2D eigenvalue weighted by Gasteiger charge is -2.32. The van der Waals surface area contributed by atoms with Crippen molar-refractivity contribution >= 4 is 27.3 Å². The summed E-state index contributed by atoms with van der Waals surface area (Å²) in [7, 11) is -3.84. The number of likely N-dealkylation sites (tertiary alicyclic amines) is 1. The zero-order valence-corrected chi connectivity index (χ0v) is 24.8. The number of sulfonamides is 1. The maximum absolute atomic E-state index is 13.8. The standard InChI is InChI=1S/C34H37ClN2O3S/c35-31-16-18-33(19-17-31)41(38,39)37(32-13-5-2-6-14-32)27-30-12-7-8-15-34(30)40-25-9-22-36-23-20-29(21-24-36)26-28-10-3-1-4-11-28/h1-8,10-19,29H,9,20-27H2. The minimum Gasteiger partial charge on any atom is -0.493 e. The van der Waals surface area contributed by atoms with Crippen LogP contribution in [0.1, 0.15) is 30.4 Å². The molecule has 7 heteroatoms. The summed E-state index contributed by atoms with van der Waals surface area (Å²) in [4.78, 5) is 2.73. The van der Waals surface area contributed by atoms with Crippen LogP contribution >= 0.6 is 11.6 Å². The van der Waals surface area contributed by atoms with Crippen LogP contribution in [0, 0.1) is 5.92 Å². The molecule has 1 aliphatic heterocycles. The number of anilines is 1. The van der Waals surface area contributed by atoms with Gasteiger partial charge >= 0.3 is 0 Å². The molecule has 4 aromatic rings. The van der Waals surface area contributed by atoms with Gasteiger partial charge in [0.05, 0.1) is 23.7 Å². The molecular formula is C34H37ClN2O3S. The van der Waals surface area contributed by atoms with Crippen molar-refractivity contribution in [3.05, 3.63) is 125 Å². The highest BCUT2D eigenvalue weighted by atomic mass is 35.5. The smallest absolute Gasteiger partial charge is 0.264 e. The van der Waals surface area contributed by atoms with Gasteiger partial charge in [0, 0.05) is 17.1 Å². The van der Waals surface area contributed by atoms with Crippen LogP contribution < -0.4 is 9.04 Å². The molecule has 0 aliphatic carbocycles. The Kier molecular flexibility index (Phi) is 9.99. The lowest BCUT2D eigenvalue weighted by molar-refractivity contribution is 0.170. The monoisotopic (exact) mass is 588 g/mol. The zero-order chi connectivity index (χ0) is 28.5. The van der Waals surface area contributed by atoms with Crippen LogP contribution in [0.3, 0.4) is 0 Å². The van der Waals surface area contributed by atoms with Gasteiger partial charge in [-0.2, -0.15) is 0 Å². The molecule has 1 saturated heterocycles. The Labute approximate surface area is 249 Å². The maximum Gasteiger partial charge on any atom is 0.264 e. The first kappa shape index (κ1) is 29.2. The fourth-order valence-corrected chi connectivity index (χ4v) is 6.97. The van der Waals surface area contributed by atoms with Gasteiger partial charge in [-0.1, -0.05) is 78.3 Å². The van der Waals surface area contributed by atoms with Gasteiger partial charge < -0.3 is 9.64 Å². The van der Waals surface area contributed by atoms with E-state index in [2.05, 4.69) is 35.2 Å². The summed E-state index contributed by atoms with van der Waals surface area (Å²) in [5.74, 6) is 1.47. The highest BCUT2D eigenvalue weighted by Gasteiger charge is 2.26. The molecule has 0 spiro atoms. The molecule has 0 radical (unpaired) electrons. The first-order valence-corrected chi connectivity index (χ1v) is 16.1. The first-order valence-electron chi connectivity index (χ1n) is 14.3. The Hall–Kier alpha value is -3.32. The molecule has 0 unspecified atom stereocenters. The van der Waals surface area contributed by atoms with Crippen molar-refractivity contribution in [3.8, 4) is 5.75 Å². The van der Waals surface area contributed by atoms with Crippen LogP contribution in [0.15, 0.2) is 114 Å². The summed E-state index contributed by atoms with van der Waals surface area (Å²) in [5.41, 5.74) is 2.84. The SMILES string of the molecule is O=S(=O)(c1ccc(Cl)cc1)N(Cc1ccccc1OCCCN1CCC(Cc2ccccc2)CC1)c1ccccc1. The van der Waals surface area contributed by atoms with E-state index >= 15 is 0 Å². The number of hydrogen-bond acceptors (Lipinski definition) is 4. The van der Waals surface area contributed by atoms with Crippen LogP contribution in [-0.2, 0) is 23.0 Å². The second-order valence-corrected chi connectivity index (χ2v) is 12.9. The van der Waals surface area contributed by atoms with E-state index in [-0.39, 0.29) is 11.4 Å². The number of piperidine rings is 1. The average molecular weight is 589 g/mol. The third-order valence-corrected chi connectivity index (χ3v) is 9.72. The van der Waals surface area contributed by atoms with E-state index < -0.39 is 10.0 Å². The predicted molar refractivity (Wildman–Crippen MR) is 167 cm³/mol. The Morgan fingerprint density at radius 2 is 1.44 bits per heavy atom. The van der Waals surface area contributed by atoms with E-state index in [9.17, 15) is 8.42 Å². The lowest BCUT2D eigenvalue weighted by atomic mass is 9.90. The molecule has 1 aliphatic rings. The van der Waals surface area contributed by atoms with Gasteiger partial charge in [-0.15, -0.1) is 0 Å². The molecule has 214 valence electrons. The summed E-state index contributed by atoms with van der Waals surface area (Å²) in [6.07, 6.45) is 4.55. The second kappa shape index (κ2) is 14.0. The number of ether oxygens (including phenoxy) is 1. The van der Waals surface area contributed by atoms with Crippen LogP contribution in [0.2, 0.25) is 5.02 Å². The number of hydrogen-bond donors (Lipinski definition) is 0. The van der Waals surface area contributed by atoms with Crippen molar-refractivity contribution in [3.63, 3.8) is 0 Å². The fraction of sp³-hybridized carbons (Fsp3) is 0.294. The maximum atomic E-state index is 13.8. The van der Waals surface area contributed by atoms with Crippen molar-refractivity contribution in [2.45, 2.75) is 37.1 Å². The van der Waals surface area contributed by atoms with Crippen LogP contribution in [0.4, 0.5) is 5.69 Å². The highest BCUT2D eigenvalue weighted by Crippen LogP contribution is 2.30. The molecule has 41 heavy (non-hydrogen) atoms. The number of rotatable bonds is 12. The van der Waals surface area contributed by atoms with Crippen molar-refractivity contribution in [2.75, 3.05) is 30.5 Å². The van der Waals surface area contributed by atoms with Crippen molar-refractivity contribution in [1.82, 2.24) is 4.90 Å². The van der Waals surface area contributed by atoms with Gasteiger partial charge in [0.1, 0.15) is 5.75 Å². The second-order valence-electron chi connectivity index (χ2n) is 10.6. The Balaban J connectivity index is 1.18. The molecule has 5 rings (SSSR count). The van der Waals surface area contributed by atoms with Gasteiger partial charge in [-0.05, 0) is 92.7 Å². The molecule has 5 nitrogen and oxygen atoms in total. The number of nitrogens with zero attached hydrogens (tertiary/aromatic N) is 2. The summed E-state index contributed by atoms with van der Waals surface area (Å²) >= 11 is 6.03. The molecule has 0 bridgehead atoms. The molecule has 0 amide bonds. The molecule has 0 aromatic heterocycles. The third-order valence-electron chi connectivity index (χ3n) is 7.68. The molecule has 0 atom stereocenters. The average Bonchev–Trinajstić information content (AvgIpc) is 3.00. The van der Waals surface area contributed by atoms with Gasteiger partial charge in [-0.25, -0.2) is 8.42 Å². The van der Waals surface area contributed by atoms with Gasteiger partial charge in [-0.3, -0.25) is 4.31 Å². The van der Waals surface area contributed by atoms with Crippen LogP contribution in [-0.4, -0.2) is 39.6 Å². The molecule has 1 heterocycles. The van der Waals surface area contributed by atoms with E-state index in [0.717, 1.165) is 37.5 Å². The van der Waals surface area contributed by atoms with E-state index in [1.54, 1.807) is 36.4 Å². The minimum absolute atomic E-state index is 0.153. The normalized spacial score (nSPS) is 14.6. The number of halogens is 1. The molecular weight excluding hydrogens is 552 g/mol. The molecule has 0 N–H and O–H groups in total. The molecule has 4 aromatic carbocycles. The summed E-state index contributed by atoms with van der Waals surface area (Å²) < 4.78 is 35.2. The van der Waals surface area contributed by atoms with E-state index in [1.165, 1.54) is 29.1 Å². The molecule has 0 saturated carbocycles. The van der Waals surface area contributed by atoms with Gasteiger partial charge in [0.2, 0.25) is 0 Å². The number of benzene rings is 4. The summed E-state index contributed by atoms with van der Waals surface area (Å²) in [6.45, 7) is 3.99. The lowest BCUT2D eigenvalue weighted by Crippen LogP contribution is -2.35. The van der Waals surface area contributed by atoms with Gasteiger partial charge in [0.25, 0.3) is 10.0 Å². The topological polar surface area (TPSA) is 49.9 Å². The van der Waals surface area contributed by atoms with Crippen LogP contribution in [0.25, 0.3) is 0 Å². The summed E-state index contributed by atoms with van der Waals surface area (Å²) in [6, 6.07) is 33.9. The third kappa shape index (κ3) is 7.91.